The molecule has 5 heteroatoms. The Morgan fingerprint density at radius 1 is 1.12 bits per heavy atom. The van der Waals surface area contributed by atoms with E-state index >= 15 is 0 Å². The number of nitrogens with one attached hydrogen (secondary N) is 1. The zero-order valence-electron chi connectivity index (χ0n) is 15.0. The van der Waals surface area contributed by atoms with Crippen LogP contribution in [0.4, 0.5) is 5.69 Å². The van der Waals surface area contributed by atoms with Gasteiger partial charge in [0.15, 0.2) is 0 Å². The molecule has 2 atom stereocenters. The molecule has 1 aromatic carbocycles. The Hall–Kier alpha value is -2.04. The van der Waals surface area contributed by atoms with E-state index in [1.807, 2.05) is 20.8 Å². The molecular weight excluding hydrogens is 306 g/mol. The Bertz CT molecular complexity index is 711. The van der Waals surface area contributed by atoms with E-state index in [1.54, 1.807) is 32.4 Å². The van der Waals surface area contributed by atoms with Gasteiger partial charge >= 0.3 is 0 Å². The van der Waals surface area contributed by atoms with Crippen molar-refractivity contribution in [3.8, 4) is 11.5 Å². The first-order chi connectivity index (χ1) is 11.2. The van der Waals surface area contributed by atoms with E-state index in [2.05, 4.69) is 5.32 Å². The summed E-state index contributed by atoms with van der Waals surface area (Å²) in [6.45, 7) is 6.10. The van der Waals surface area contributed by atoms with Crippen LogP contribution >= 0.6 is 0 Å². The Balaban J connectivity index is 1.95. The van der Waals surface area contributed by atoms with E-state index in [9.17, 15) is 9.59 Å². The van der Waals surface area contributed by atoms with Gasteiger partial charge < -0.3 is 14.8 Å². The Kier molecular flexibility index (Phi) is 3.66. The number of hydrogen-bond donors (Lipinski definition) is 1. The van der Waals surface area contributed by atoms with Crippen molar-refractivity contribution >= 4 is 17.4 Å². The molecule has 0 heterocycles. The lowest BCUT2D eigenvalue weighted by atomic mass is 9.64. The fourth-order valence-corrected chi connectivity index (χ4v) is 4.51. The van der Waals surface area contributed by atoms with Crippen LogP contribution in [0, 0.1) is 16.2 Å². The smallest absolute Gasteiger partial charge is 0.231 e. The van der Waals surface area contributed by atoms with Crippen molar-refractivity contribution in [3.63, 3.8) is 0 Å². The molecule has 2 bridgehead atoms. The Morgan fingerprint density at radius 2 is 1.83 bits per heavy atom. The summed E-state index contributed by atoms with van der Waals surface area (Å²) in [5, 5.41) is 2.99. The molecule has 24 heavy (non-hydrogen) atoms. The number of hydrogen-bond acceptors (Lipinski definition) is 4. The topological polar surface area (TPSA) is 64.6 Å². The highest BCUT2D eigenvalue weighted by molar-refractivity contribution is 6.05. The second kappa shape index (κ2) is 5.23. The number of ether oxygens (including phenoxy) is 2. The highest BCUT2D eigenvalue weighted by atomic mass is 16.5. The van der Waals surface area contributed by atoms with Crippen LogP contribution in [0.3, 0.4) is 0 Å². The van der Waals surface area contributed by atoms with Gasteiger partial charge in [0, 0.05) is 17.9 Å². The average Bonchev–Trinajstić information content (AvgIpc) is 2.85. The quantitative estimate of drug-likeness (QED) is 0.918. The van der Waals surface area contributed by atoms with Crippen molar-refractivity contribution in [1.82, 2.24) is 0 Å². The fraction of sp³-hybridized carbons (Fsp3) is 0.579. The molecule has 1 aromatic rings. The minimum Gasteiger partial charge on any atom is -0.497 e. The molecule has 0 radical (unpaired) electrons. The molecule has 1 N–H and O–H groups in total. The first-order valence-electron chi connectivity index (χ1n) is 8.29. The molecular formula is C19H25NO4. The normalized spacial score (nSPS) is 30.3. The van der Waals surface area contributed by atoms with Crippen LogP contribution in [0.25, 0.3) is 0 Å². The van der Waals surface area contributed by atoms with Gasteiger partial charge in [-0.1, -0.05) is 20.8 Å². The predicted molar refractivity (Wildman–Crippen MR) is 91.4 cm³/mol. The lowest BCUT2D eigenvalue weighted by molar-refractivity contribution is -0.131. The number of benzene rings is 1. The summed E-state index contributed by atoms with van der Waals surface area (Å²) in [6.07, 6.45) is 1.82. The molecule has 0 saturated heterocycles. The van der Waals surface area contributed by atoms with Crippen LogP contribution in [0.15, 0.2) is 18.2 Å². The number of fused-ring (bicyclic) bond motifs is 2. The molecule has 2 fully saturated rings. The number of ketones is 1. The monoisotopic (exact) mass is 331 g/mol. The largest absolute Gasteiger partial charge is 0.497 e. The van der Waals surface area contributed by atoms with Crippen molar-refractivity contribution in [3.05, 3.63) is 18.2 Å². The second-order valence-electron chi connectivity index (χ2n) is 7.66. The summed E-state index contributed by atoms with van der Waals surface area (Å²) >= 11 is 0. The van der Waals surface area contributed by atoms with Gasteiger partial charge in [-0.2, -0.15) is 0 Å². The van der Waals surface area contributed by atoms with Crippen LogP contribution in [0.5, 0.6) is 11.5 Å². The molecule has 0 unspecified atom stereocenters. The molecule has 2 aliphatic rings. The maximum atomic E-state index is 13.2. The molecule has 0 aromatic heterocycles. The average molecular weight is 331 g/mol. The molecule has 130 valence electrons. The lowest BCUT2D eigenvalue weighted by Gasteiger charge is -2.38. The van der Waals surface area contributed by atoms with Crippen molar-refractivity contribution in [1.29, 1.82) is 0 Å². The van der Waals surface area contributed by atoms with E-state index in [0.717, 1.165) is 12.8 Å². The summed E-state index contributed by atoms with van der Waals surface area (Å²) in [4.78, 5) is 25.7. The molecule has 3 rings (SSSR count). The van der Waals surface area contributed by atoms with Crippen LogP contribution in [0.1, 0.15) is 40.0 Å². The van der Waals surface area contributed by atoms with Crippen molar-refractivity contribution in [2.75, 3.05) is 19.5 Å². The zero-order chi connectivity index (χ0) is 17.8. The number of anilines is 1. The molecule has 5 nitrogen and oxygen atoms in total. The highest BCUT2D eigenvalue weighted by Gasteiger charge is 2.72. The van der Waals surface area contributed by atoms with Gasteiger partial charge in [-0.15, -0.1) is 0 Å². The number of carbonyl (C=O) groups excluding carboxylic acids is 2. The van der Waals surface area contributed by atoms with Gasteiger partial charge in [-0.25, -0.2) is 0 Å². The van der Waals surface area contributed by atoms with E-state index in [1.165, 1.54) is 0 Å². The van der Waals surface area contributed by atoms with E-state index in [0.29, 0.717) is 23.6 Å². The number of Topliss-reactive ketones (excluding diaryl/α,β-unsaturated/α-hetero) is 1. The first-order valence-corrected chi connectivity index (χ1v) is 8.29. The van der Waals surface area contributed by atoms with Gasteiger partial charge in [-0.05, 0) is 30.4 Å². The van der Waals surface area contributed by atoms with Crippen LogP contribution in [-0.4, -0.2) is 25.9 Å². The first kappa shape index (κ1) is 16.8. The van der Waals surface area contributed by atoms with Gasteiger partial charge in [0.05, 0.1) is 25.3 Å². The summed E-state index contributed by atoms with van der Waals surface area (Å²) in [6, 6.07) is 5.28. The van der Waals surface area contributed by atoms with Crippen molar-refractivity contribution < 1.29 is 19.1 Å². The fourth-order valence-electron chi connectivity index (χ4n) is 4.51. The molecule has 1 amide bonds. The SMILES string of the molecule is COc1ccc(OC)c(NC(=O)[C@@]23CC[C@](C)(C(=O)C2)C3(C)C)c1. The standard InChI is InChI=1S/C19H25NO4/c1-17(2)18(3)8-9-19(17,11-15(18)21)16(22)20-13-10-12(23-4)6-7-14(13)24-5/h6-7,10H,8-9,11H2,1-5H3,(H,20,22)/t18-,19-/m1/s1. The van der Waals surface area contributed by atoms with Gasteiger partial charge in [-0.3, -0.25) is 9.59 Å². The van der Waals surface area contributed by atoms with Gasteiger partial charge in [0.1, 0.15) is 17.3 Å². The highest BCUT2D eigenvalue weighted by Crippen LogP contribution is 2.70. The lowest BCUT2D eigenvalue weighted by Crippen LogP contribution is -2.43. The summed E-state index contributed by atoms with van der Waals surface area (Å²) in [7, 11) is 3.14. The Labute approximate surface area is 142 Å². The third kappa shape index (κ3) is 1.93. The number of rotatable bonds is 4. The van der Waals surface area contributed by atoms with E-state index in [-0.39, 0.29) is 17.1 Å². The van der Waals surface area contributed by atoms with Gasteiger partial charge in [0.2, 0.25) is 5.91 Å². The number of carbonyl (C=O) groups is 2. The molecule has 0 spiro atoms. The minimum absolute atomic E-state index is 0.103. The van der Waals surface area contributed by atoms with E-state index < -0.39 is 10.8 Å². The predicted octanol–water partition coefficient (Wildman–Crippen LogP) is 3.43. The number of methoxy groups -OCH3 is 2. The van der Waals surface area contributed by atoms with Crippen LogP contribution in [-0.2, 0) is 9.59 Å². The number of amides is 1. The molecule has 2 aliphatic carbocycles. The van der Waals surface area contributed by atoms with Crippen molar-refractivity contribution in [2.45, 2.75) is 40.0 Å². The third-order valence-corrected chi connectivity index (χ3v) is 6.79. The maximum absolute atomic E-state index is 13.2. The second-order valence-corrected chi connectivity index (χ2v) is 7.66. The minimum atomic E-state index is -0.660. The summed E-state index contributed by atoms with van der Waals surface area (Å²) in [5.41, 5.74) is -0.872. The van der Waals surface area contributed by atoms with Crippen LogP contribution in [0.2, 0.25) is 0 Å². The maximum Gasteiger partial charge on any atom is 0.231 e. The molecule has 0 aliphatic heterocycles. The molecule has 2 saturated carbocycles. The van der Waals surface area contributed by atoms with Crippen molar-refractivity contribution in [2.24, 2.45) is 16.2 Å². The summed E-state index contributed by atoms with van der Waals surface area (Å²) < 4.78 is 10.6. The van der Waals surface area contributed by atoms with Crippen LogP contribution < -0.4 is 14.8 Å². The Morgan fingerprint density at radius 3 is 2.33 bits per heavy atom. The van der Waals surface area contributed by atoms with E-state index in [4.69, 9.17) is 9.47 Å². The third-order valence-electron chi connectivity index (χ3n) is 6.79. The summed E-state index contributed by atoms with van der Waals surface area (Å²) in [5.74, 6) is 1.31. The van der Waals surface area contributed by atoms with Gasteiger partial charge in [0.25, 0.3) is 0 Å². The zero-order valence-corrected chi connectivity index (χ0v) is 15.0.